The number of rotatable bonds is 8. The number of carbonyl (C=O) groups is 1. The van der Waals surface area contributed by atoms with Gasteiger partial charge in [-0.2, -0.15) is 0 Å². The molecule has 1 amide bonds. The molecule has 5 nitrogen and oxygen atoms in total. The van der Waals surface area contributed by atoms with Crippen molar-refractivity contribution in [1.29, 1.82) is 0 Å². The summed E-state index contributed by atoms with van der Waals surface area (Å²) >= 11 is 0. The zero-order chi connectivity index (χ0) is 14.1. The van der Waals surface area contributed by atoms with Crippen LogP contribution in [0, 0.1) is 0 Å². The average molecular weight is 267 g/mol. The Labute approximate surface area is 113 Å². The Morgan fingerprint density at radius 2 is 2.05 bits per heavy atom. The Bertz CT molecular complexity index is 378. The van der Waals surface area contributed by atoms with Gasteiger partial charge >= 0.3 is 0 Å². The minimum Gasteiger partial charge on any atom is -0.494 e. The van der Waals surface area contributed by atoms with Crippen molar-refractivity contribution in [3.8, 4) is 5.75 Å². The third-order valence-electron chi connectivity index (χ3n) is 2.57. The van der Waals surface area contributed by atoms with E-state index in [4.69, 9.17) is 9.84 Å². The van der Waals surface area contributed by atoms with Gasteiger partial charge < -0.3 is 20.3 Å². The highest BCUT2D eigenvalue weighted by molar-refractivity contribution is 5.75. The number of nitrogens with one attached hydrogen (secondary N) is 1. The first kappa shape index (κ1) is 15.5. The van der Waals surface area contributed by atoms with Gasteiger partial charge in [-0.1, -0.05) is 18.2 Å². The smallest absolute Gasteiger partial charge is 0.220 e. The van der Waals surface area contributed by atoms with E-state index in [0.29, 0.717) is 19.4 Å². The Morgan fingerprint density at radius 3 is 2.68 bits per heavy atom. The summed E-state index contributed by atoms with van der Waals surface area (Å²) in [4.78, 5) is 11.5. The van der Waals surface area contributed by atoms with Crippen LogP contribution in [0.5, 0.6) is 5.75 Å². The maximum Gasteiger partial charge on any atom is 0.220 e. The SMILES string of the molecule is CC(O)(CO)CNC(=O)CCCOc1ccccc1. The molecule has 1 aromatic carbocycles. The quantitative estimate of drug-likeness (QED) is 0.606. The first-order valence-corrected chi connectivity index (χ1v) is 6.31. The third-order valence-corrected chi connectivity index (χ3v) is 2.57. The first-order chi connectivity index (χ1) is 9.03. The van der Waals surface area contributed by atoms with Gasteiger partial charge in [0.15, 0.2) is 0 Å². The zero-order valence-corrected chi connectivity index (χ0v) is 11.1. The van der Waals surface area contributed by atoms with Gasteiger partial charge in [0.25, 0.3) is 0 Å². The summed E-state index contributed by atoms with van der Waals surface area (Å²) in [5.41, 5.74) is -1.27. The van der Waals surface area contributed by atoms with Gasteiger partial charge in [0.05, 0.1) is 13.2 Å². The lowest BCUT2D eigenvalue weighted by Crippen LogP contribution is -2.43. The Balaban J connectivity index is 2.11. The molecular formula is C14H21NO4. The molecule has 0 saturated carbocycles. The molecule has 1 aromatic rings. The number of para-hydroxylation sites is 1. The lowest BCUT2D eigenvalue weighted by Gasteiger charge is -2.20. The van der Waals surface area contributed by atoms with Crippen LogP contribution >= 0.6 is 0 Å². The summed E-state index contributed by atoms with van der Waals surface area (Å²) in [6, 6.07) is 9.41. The minimum atomic E-state index is -1.27. The molecule has 0 aliphatic rings. The van der Waals surface area contributed by atoms with Crippen molar-refractivity contribution in [3.63, 3.8) is 0 Å². The molecular weight excluding hydrogens is 246 g/mol. The molecule has 0 aromatic heterocycles. The normalized spacial score (nSPS) is 13.6. The summed E-state index contributed by atoms with van der Waals surface area (Å²) in [5.74, 6) is 0.622. The van der Waals surface area contributed by atoms with Crippen LogP contribution in [0.3, 0.4) is 0 Å². The largest absolute Gasteiger partial charge is 0.494 e. The van der Waals surface area contributed by atoms with Crippen LogP contribution in [0.4, 0.5) is 0 Å². The number of aliphatic hydroxyl groups is 2. The van der Waals surface area contributed by atoms with E-state index in [0.717, 1.165) is 5.75 Å². The second kappa shape index (κ2) is 7.76. The van der Waals surface area contributed by atoms with Crippen LogP contribution in [0.25, 0.3) is 0 Å². The topological polar surface area (TPSA) is 78.8 Å². The second-order valence-corrected chi connectivity index (χ2v) is 4.70. The highest BCUT2D eigenvalue weighted by Gasteiger charge is 2.19. The molecule has 1 atom stereocenters. The lowest BCUT2D eigenvalue weighted by atomic mass is 10.1. The molecule has 106 valence electrons. The van der Waals surface area contributed by atoms with E-state index in [1.54, 1.807) is 0 Å². The standard InChI is InChI=1S/C14H21NO4/c1-14(18,11-16)10-15-13(17)8-5-9-19-12-6-3-2-4-7-12/h2-4,6-7,16,18H,5,8-11H2,1H3,(H,15,17). The summed E-state index contributed by atoms with van der Waals surface area (Å²) < 4.78 is 5.45. The van der Waals surface area contributed by atoms with Crippen molar-refractivity contribution in [2.24, 2.45) is 0 Å². The summed E-state index contributed by atoms with van der Waals surface area (Å²) in [6.45, 7) is 1.59. The Hall–Kier alpha value is -1.59. The van der Waals surface area contributed by atoms with Gasteiger partial charge in [0, 0.05) is 13.0 Å². The van der Waals surface area contributed by atoms with E-state index in [1.165, 1.54) is 6.92 Å². The van der Waals surface area contributed by atoms with Crippen LogP contribution in [0.2, 0.25) is 0 Å². The van der Waals surface area contributed by atoms with E-state index in [2.05, 4.69) is 5.32 Å². The van der Waals surface area contributed by atoms with E-state index in [-0.39, 0.29) is 19.1 Å². The predicted octanol–water partition coefficient (Wildman–Crippen LogP) is 0.705. The van der Waals surface area contributed by atoms with Gasteiger partial charge in [-0.05, 0) is 25.5 Å². The molecule has 1 unspecified atom stereocenters. The molecule has 0 radical (unpaired) electrons. The second-order valence-electron chi connectivity index (χ2n) is 4.70. The molecule has 0 heterocycles. The highest BCUT2D eigenvalue weighted by atomic mass is 16.5. The fourth-order valence-corrected chi connectivity index (χ4v) is 1.37. The molecule has 1 rings (SSSR count). The molecule has 0 spiro atoms. The molecule has 19 heavy (non-hydrogen) atoms. The van der Waals surface area contributed by atoms with E-state index >= 15 is 0 Å². The fraction of sp³-hybridized carbons (Fsp3) is 0.500. The van der Waals surface area contributed by atoms with E-state index < -0.39 is 5.60 Å². The molecule has 0 bridgehead atoms. The van der Waals surface area contributed by atoms with Crippen molar-refractivity contribution in [3.05, 3.63) is 30.3 Å². The van der Waals surface area contributed by atoms with Crippen molar-refractivity contribution in [2.45, 2.75) is 25.4 Å². The predicted molar refractivity (Wildman–Crippen MR) is 71.9 cm³/mol. The van der Waals surface area contributed by atoms with Crippen LogP contribution < -0.4 is 10.1 Å². The number of aliphatic hydroxyl groups excluding tert-OH is 1. The van der Waals surface area contributed by atoms with Crippen molar-refractivity contribution >= 4 is 5.91 Å². The Morgan fingerprint density at radius 1 is 1.37 bits per heavy atom. The van der Waals surface area contributed by atoms with Crippen molar-refractivity contribution in [1.82, 2.24) is 5.32 Å². The van der Waals surface area contributed by atoms with Gasteiger partial charge in [-0.15, -0.1) is 0 Å². The van der Waals surface area contributed by atoms with Gasteiger partial charge in [-0.3, -0.25) is 4.79 Å². The van der Waals surface area contributed by atoms with Gasteiger partial charge in [0.1, 0.15) is 11.4 Å². The fourth-order valence-electron chi connectivity index (χ4n) is 1.37. The summed E-state index contributed by atoms with van der Waals surface area (Å²) in [5, 5.41) is 20.9. The van der Waals surface area contributed by atoms with Crippen LogP contribution in [0.15, 0.2) is 30.3 Å². The molecule has 0 fully saturated rings. The van der Waals surface area contributed by atoms with Gasteiger partial charge in [0.2, 0.25) is 5.91 Å². The molecule has 0 saturated heterocycles. The number of carbonyl (C=O) groups excluding carboxylic acids is 1. The van der Waals surface area contributed by atoms with Crippen molar-refractivity contribution in [2.75, 3.05) is 19.8 Å². The number of ether oxygens (including phenoxy) is 1. The molecule has 0 aliphatic carbocycles. The van der Waals surface area contributed by atoms with E-state index in [9.17, 15) is 9.90 Å². The van der Waals surface area contributed by atoms with Gasteiger partial charge in [-0.25, -0.2) is 0 Å². The van der Waals surface area contributed by atoms with Crippen LogP contribution in [-0.2, 0) is 4.79 Å². The van der Waals surface area contributed by atoms with Crippen LogP contribution in [-0.4, -0.2) is 41.5 Å². The van der Waals surface area contributed by atoms with Crippen LogP contribution in [0.1, 0.15) is 19.8 Å². The first-order valence-electron chi connectivity index (χ1n) is 6.31. The minimum absolute atomic E-state index is 0.0435. The zero-order valence-electron chi connectivity index (χ0n) is 11.1. The molecule has 3 N–H and O–H groups in total. The highest BCUT2D eigenvalue weighted by Crippen LogP contribution is 2.08. The third kappa shape index (κ3) is 6.79. The maximum atomic E-state index is 11.5. The van der Waals surface area contributed by atoms with E-state index in [1.807, 2.05) is 30.3 Å². The van der Waals surface area contributed by atoms with Crippen molar-refractivity contribution < 1.29 is 19.7 Å². The Kier molecular flexibility index (Phi) is 6.32. The average Bonchev–Trinajstić information content (AvgIpc) is 2.43. The molecule has 5 heteroatoms. The monoisotopic (exact) mass is 267 g/mol. The molecule has 0 aliphatic heterocycles. The summed E-state index contributed by atoms with van der Waals surface area (Å²) in [7, 11) is 0. The summed E-state index contributed by atoms with van der Waals surface area (Å²) in [6.07, 6.45) is 0.927. The number of amides is 1. The number of benzene rings is 1. The number of hydrogen-bond donors (Lipinski definition) is 3. The maximum absolute atomic E-state index is 11.5. The lowest BCUT2D eigenvalue weighted by molar-refractivity contribution is -0.122. The number of hydrogen-bond acceptors (Lipinski definition) is 4.